The van der Waals surface area contributed by atoms with Gasteiger partial charge in [0.15, 0.2) is 0 Å². The molecule has 0 aromatic carbocycles. The van der Waals surface area contributed by atoms with E-state index in [9.17, 15) is 0 Å². The van der Waals surface area contributed by atoms with Crippen molar-refractivity contribution in [2.45, 2.75) is 118 Å². The maximum atomic E-state index is 2.35. The van der Waals surface area contributed by atoms with Crippen LogP contribution in [0.1, 0.15) is 118 Å². The highest BCUT2D eigenvalue weighted by Gasteiger charge is 2.08. The second kappa shape index (κ2) is 18.5. The van der Waals surface area contributed by atoms with E-state index in [1.165, 1.54) is 89.9 Å². The molecule has 0 aromatic heterocycles. The van der Waals surface area contributed by atoms with Gasteiger partial charge in [-0.3, -0.25) is 0 Å². The van der Waals surface area contributed by atoms with E-state index in [0.29, 0.717) is 5.41 Å². The maximum absolute atomic E-state index is 2.35. The number of rotatable bonds is 13. The quantitative estimate of drug-likeness (QED) is 0.451. The zero-order valence-corrected chi connectivity index (χ0v) is 17.4. The lowest BCUT2D eigenvalue weighted by atomic mass is 9.89. The molecule has 0 bridgehead atoms. The summed E-state index contributed by atoms with van der Waals surface area (Å²) >= 11 is 0. The second-order valence-electron chi connectivity index (χ2n) is 7.55. The molecule has 0 fully saturated rings. The summed E-state index contributed by atoms with van der Waals surface area (Å²) in [7, 11) is 0. The molecule has 0 amide bonds. The highest BCUT2D eigenvalue weighted by molar-refractivity contribution is 4.61. The van der Waals surface area contributed by atoms with Crippen molar-refractivity contribution in [2.75, 3.05) is 0 Å². The number of quaternary nitrogens is 1. The Balaban J connectivity index is -0.00000162. The lowest BCUT2D eigenvalue weighted by Gasteiger charge is -2.17. The van der Waals surface area contributed by atoms with Crippen molar-refractivity contribution in [1.82, 2.24) is 6.15 Å². The molecule has 0 saturated heterocycles. The molecule has 2 heteroatoms. The molecule has 21 heavy (non-hydrogen) atoms. The molecule has 0 spiro atoms. The van der Waals surface area contributed by atoms with Crippen LogP contribution in [-0.2, 0) is 0 Å². The van der Waals surface area contributed by atoms with Crippen molar-refractivity contribution in [1.29, 1.82) is 0 Å². The number of unbranched alkanes of at least 4 members (excludes halogenated alkanes) is 12. The summed E-state index contributed by atoms with van der Waals surface area (Å²) in [5.74, 6) is 0. The Morgan fingerprint density at radius 3 is 1.10 bits per heavy atom. The highest BCUT2D eigenvalue weighted by atomic mass is 79.9. The Kier molecular flexibility index (Phi) is 23.2. The highest BCUT2D eigenvalue weighted by Crippen LogP contribution is 2.22. The lowest BCUT2D eigenvalue weighted by Crippen LogP contribution is -3.00. The van der Waals surface area contributed by atoms with Gasteiger partial charge in [-0.2, -0.15) is 0 Å². The van der Waals surface area contributed by atoms with Gasteiger partial charge in [-0.05, 0) is 11.8 Å². The number of halogens is 1. The Morgan fingerprint density at radius 2 is 0.810 bits per heavy atom. The zero-order chi connectivity index (χ0) is 14.4. The molecule has 0 aliphatic heterocycles. The summed E-state index contributed by atoms with van der Waals surface area (Å²) in [5, 5.41) is 0. The number of hydrogen-bond donors (Lipinski definition) is 1. The number of hydrogen-bond acceptors (Lipinski definition) is 0. The minimum atomic E-state index is 0. The average molecular weight is 366 g/mol. The van der Waals surface area contributed by atoms with Crippen LogP contribution in [0.2, 0.25) is 0 Å². The second-order valence-corrected chi connectivity index (χ2v) is 7.55. The summed E-state index contributed by atoms with van der Waals surface area (Å²) < 4.78 is 0. The molecular weight excluding hydrogens is 322 g/mol. The average Bonchev–Trinajstić information content (AvgIpc) is 2.34. The summed E-state index contributed by atoms with van der Waals surface area (Å²) in [5.41, 5.74) is 0.539. The first kappa shape index (κ1) is 26.3. The van der Waals surface area contributed by atoms with Crippen molar-refractivity contribution in [2.24, 2.45) is 5.41 Å². The minimum Gasteiger partial charge on any atom is -1.00 e. The van der Waals surface area contributed by atoms with Crippen molar-refractivity contribution in [3.05, 3.63) is 0 Å². The minimum absolute atomic E-state index is 0. The van der Waals surface area contributed by atoms with Crippen LogP contribution in [0.15, 0.2) is 0 Å². The molecule has 0 aromatic rings. The SMILES string of the molecule is CCCCCCCCCCCCCCCC(C)(C)C.[Br-].[NH4+]. The van der Waals surface area contributed by atoms with E-state index in [4.69, 9.17) is 0 Å². The summed E-state index contributed by atoms with van der Waals surface area (Å²) in [4.78, 5) is 0. The maximum Gasteiger partial charge on any atom is -0.0383 e. The molecule has 0 atom stereocenters. The first-order valence-electron chi connectivity index (χ1n) is 9.06. The van der Waals surface area contributed by atoms with E-state index < -0.39 is 0 Å². The van der Waals surface area contributed by atoms with Crippen molar-refractivity contribution >= 4 is 0 Å². The van der Waals surface area contributed by atoms with E-state index >= 15 is 0 Å². The molecule has 0 saturated carbocycles. The lowest BCUT2D eigenvalue weighted by molar-refractivity contribution is -0.00000550. The van der Waals surface area contributed by atoms with E-state index in [2.05, 4.69) is 27.7 Å². The van der Waals surface area contributed by atoms with Crippen LogP contribution in [0.3, 0.4) is 0 Å². The molecule has 0 unspecified atom stereocenters. The fraction of sp³-hybridized carbons (Fsp3) is 1.00. The Labute approximate surface area is 146 Å². The molecule has 4 N–H and O–H groups in total. The van der Waals surface area contributed by atoms with Gasteiger partial charge in [0.05, 0.1) is 0 Å². The third-order valence-electron chi connectivity index (χ3n) is 4.03. The van der Waals surface area contributed by atoms with Gasteiger partial charge in [-0.1, -0.05) is 111 Å². The summed E-state index contributed by atoms with van der Waals surface area (Å²) in [6.07, 6.45) is 20.4. The van der Waals surface area contributed by atoms with Gasteiger partial charge >= 0.3 is 0 Å². The molecule has 0 aliphatic carbocycles. The molecule has 1 nitrogen and oxygen atoms in total. The molecule has 0 rings (SSSR count). The van der Waals surface area contributed by atoms with Crippen LogP contribution < -0.4 is 23.1 Å². The van der Waals surface area contributed by atoms with Gasteiger partial charge in [-0.15, -0.1) is 0 Å². The van der Waals surface area contributed by atoms with Crippen molar-refractivity contribution in [3.8, 4) is 0 Å². The van der Waals surface area contributed by atoms with Gasteiger partial charge in [-0.25, -0.2) is 0 Å². The smallest absolute Gasteiger partial charge is 0.0383 e. The summed E-state index contributed by atoms with van der Waals surface area (Å²) in [6, 6.07) is 0. The third-order valence-corrected chi connectivity index (χ3v) is 4.03. The predicted molar refractivity (Wildman–Crippen MR) is 95.8 cm³/mol. The Morgan fingerprint density at radius 1 is 0.524 bits per heavy atom. The van der Waals surface area contributed by atoms with Crippen LogP contribution >= 0.6 is 0 Å². The van der Waals surface area contributed by atoms with Crippen molar-refractivity contribution in [3.63, 3.8) is 0 Å². The first-order chi connectivity index (χ1) is 9.06. The van der Waals surface area contributed by atoms with Crippen LogP contribution in [0.25, 0.3) is 0 Å². The Hall–Kier alpha value is 0.440. The van der Waals surface area contributed by atoms with Crippen LogP contribution in [0.4, 0.5) is 0 Å². The van der Waals surface area contributed by atoms with Crippen molar-refractivity contribution < 1.29 is 17.0 Å². The topological polar surface area (TPSA) is 36.5 Å². The van der Waals surface area contributed by atoms with E-state index in [-0.39, 0.29) is 23.1 Å². The zero-order valence-electron chi connectivity index (χ0n) is 15.8. The standard InChI is InChI=1S/C19H40.BrH.H3N/c1-5-6-7-8-9-10-11-12-13-14-15-16-17-18-19(2,3)4;;/h5-18H2,1-4H3;1H;1H3. The van der Waals surface area contributed by atoms with Gasteiger partial charge < -0.3 is 23.1 Å². The summed E-state index contributed by atoms with van der Waals surface area (Å²) in [6.45, 7) is 9.36. The normalized spacial score (nSPS) is 10.9. The van der Waals surface area contributed by atoms with Crippen LogP contribution in [0, 0.1) is 5.41 Å². The first-order valence-corrected chi connectivity index (χ1v) is 9.06. The predicted octanol–water partition coefficient (Wildman–Crippen LogP) is 4.89. The molecular formula is C19H44BrN. The molecule has 0 radical (unpaired) electrons. The van der Waals surface area contributed by atoms with E-state index in [1.807, 2.05) is 0 Å². The molecule has 0 aliphatic rings. The largest absolute Gasteiger partial charge is 1.00 e. The van der Waals surface area contributed by atoms with Crippen LogP contribution in [0.5, 0.6) is 0 Å². The van der Waals surface area contributed by atoms with E-state index in [0.717, 1.165) is 0 Å². The van der Waals surface area contributed by atoms with Gasteiger partial charge in [0.25, 0.3) is 0 Å². The third kappa shape index (κ3) is 25.7. The van der Waals surface area contributed by atoms with Crippen LogP contribution in [-0.4, -0.2) is 0 Å². The Bertz CT molecular complexity index is 175. The monoisotopic (exact) mass is 365 g/mol. The van der Waals surface area contributed by atoms with Gasteiger partial charge in [0.1, 0.15) is 0 Å². The van der Waals surface area contributed by atoms with Gasteiger partial charge in [0, 0.05) is 0 Å². The van der Waals surface area contributed by atoms with Gasteiger partial charge in [0.2, 0.25) is 0 Å². The fourth-order valence-electron chi connectivity index (χ4n) is 2.67. The van der Waals surface area contributed by atoms with E-state index in [1.54, 1.807) is 0 Å². The molecule has 0 heterocycles. The fourth-order valence-corrected chi connectivity index (χ4v) is 2.67. The molecule has 132 valence electrons.